The number of fused-ring (bicyclic) bond motifs is 2. The molecule has 0 bridgehead atoms. The van der Waals surface area contributed by atoms with E-state index in [0.717, 1.165) is 63.2 Å². The van der Waals surface area contributed by atoms with Gasteiger partial charge in [-0.3, -0.25) is 4.79 Å². The van der Waals surface area contributed by atoms with Crippen LogP contribution in [0.1, 0.15) is 60.1 Å². The van der Waals surface area contributed by atoms with E-state index in [0.29, 0.717) is 11.7 Å². The van der Waals surface area contributed by atoms with Gasteiger partial charge in [-0.05, 0) is 87.9 Å². The first-order valence-corrected chi connectivity index (χ1v) is 11.4. The minimum atomic E-state index is 0.00419. The molecule has 0 saturated carbocycles. The van der Waals surface area contributed by atoms with Gasteiger partial charge in [-0.1, -0.05) is 19.1 Å². The molecule has 1 amide bonds. The van der Waals surface area contributed by atoms with Gasteiger partial charge in [0.2, 0.25) is 0 Å². The lowest BCUT2D eigenvalue weighted by molar-refractivity contribution is 0.0766. The fourth-order valence-corrected chi connectivity index (χ4v) is 5.79. The first-order valence-electron chi connectivity index (χ1n) is 11.4. The normalized spacial score (nSPS) is 23.7. The van der Waals surface area contributed by atoms with Crippen LogP contribution < -0.4 is 0 Å². The number of aromatic nitrogens is 1. The molecule has 2 atom stereocenters. The van der Waals surface area contributed by atoms with E-state index in [2.05, 4.69) is 29.8 Å². The van der Waals surface area contributed by atoms with E-state index >= 15 is 0 Å². The zero-order valence-corrected chi connectivity index (χ0v) is 18.8. The molecule has 5 heteroatoms. The van der Waals surface area contributed by atoms with E-state index < -0.39 is 0 Å². The molecule has 2 aliphatic rings. The fraction of sp³-hybridized carbons (Fsp3) is 0.560. The molecule has 1 aliphatic carbocycles. The Hall–Kier alpha value is -2.27. The molecule has 1 fully saturated rings. The topological polar surface area (TPSA) is 59.6 Å². The van der Waals surface area contributed by atoms with Crippen molar-refractivity contribution in [3.63, 3.8) is 0 Å². The molecule has 0 unspecified atom stereocenters. The second kappa shape index (κ2) is 8.10. The average Bonchev–Trinajstić information content (AvgIpc) is 3.07. The Labute approximate surface area is 180 Å². The highest BCUT2D eigenvalue weighted by Gasteiger charge is 2.48. The minimum Gasteiger partial charge on any atom is -0.508 e. The quantitative estimate of drug-likeness (QED) is 0.788. The van der Waals surface area contributed by atoms with Crippen molar-refractivity contribution in [1.82, 2.24) is 14.8 Å². The number of carbonyl (C=O) groups is 1. The van der Waals surface area contributed by atoms with Gasteiger partial charge in [0.1, 0.15) is 11.4 Å². The lowest BCUT2D eigenvalue weighted by Gasteiger charge is -2.51. The summed E-state index contributed by atoms with van der Waals surface area (Å²) >= 11 is 0. The summed E-state index contributed by atoms with van der Waals surface area (Å²) in [5.41, 5.74) is 5.68. The summed E-state index contributed by atoms with van der Waals surface area (Å²) in [5, 5.41) is 10.2. The van der Waals surface area contributed by atoms with Crippen molar-refractivity contribution in [3.8, 4) is 5.75 Å². The number of hydrogen-bond donors (Lipinski definition) is 2. The second-order valence-electron chi connectivity index (χ2n) is 8.99. The van der Waals surface area contributed by atoms with E-state index in [1.807, 2.05) is 30.9 Å². The molecule has 5 nitrogen and oxygen atoms in total. The Morgan fingerprint density at radius 3 is 2.73 bits per heavy atom. The number of hydrogen-bond acceptors (Lipinski definition) is 3. The number of likely N-dealkylation sites (tertiary alicyclic amines) is 1. The van der Waals surface area contributed by atoms with Crippen molar-refractivity contribution in [2.45, 2.75) is 52.4 Å². The number of carbonyl (C=O) groups excluding carboxylic acids is 1. The second-order valence-corrected chi connectivity index (χ2v) is 8.99. The zero-order valence-electron chi connectivity index (χ0n) is 18.8. The van der Waals surface area contributed by atoms with Crippen LogP contribution >= 0.6 is 0 Å². The lowest BCUT2D eigenvalue weighted by atomic mass is 9.58. The van der Waals surface area contributed by atoms with Crippen LogP contribution in [-0.2, 0) is 18.3 Å². The third-order valence-corrected chi connectivity index (χ3v) is 7.68. The summed E-state index contributed by atoms with van der Waals surface area (Å²) in [6.45, 7) is 13.1. The molecule has 162 valence electrons. The zero-order chi connectivity index (χ0) is 21.5. The predicted molar refractivity (Wildman–Crippen MR) is 120 cm³/mol. The third kappa shape index (κ3) is 3.33. The molecule has 4 rings (SSSR count). The number of aromatic amines is 1. The van der Waals surface area contributed by atoms with Gasteiger partial charge < -0.3 is 19.9 Å². The van der Waals surface area contributed by atoms with Crippen LogP contribution in [0.2, 0.25) is 0 Å². The Morgan fingerprint density at radius 1 is 1.30 bits per heavy atom. The molecular weight excluding hydrogens is 374 g/mol. The van der Waals surface area contributed by atoms with Crippen LogP contribution in [0, 0.1) is 12.8 Å². The van der Waals surface area contributed by atoms with Crippen molar-refractivity contribution < 1.29 is 9.90 Å². The summed E-state index contributed by atoms with van der Waals surface area (Å²) in [6, 6.07) is 7.85. The van der Waals surface area contributed by atoms with Gasteiger partial charge >= 0.3 is 0 Å². The van der Waals surface area contributed by atoms with Crippen molar-refractivity contribution in [2.75, 3.05) is 32.7 Å². The largest absolute Gasteiger partial charge is 0.508 e. The van der Waals surface area contributed by atoms with Gasteiger partial charge in [-0.25, -0.2) is 0 Å². The summed E-state index contributed by atoms with van der Waals surface area (Å²) in [6.07, 6.45) is 2.96. The summed E-state index contributed by atoms with van der Waals surface area (Å²) in [4.78, 5) is 21.1. The first kappa shape index (κ1) is 21.0. The third-order valence-electron chi connectivity index (χ3n) is 7.68. The molecule has 2 aromatic rings. The summed E-state index contributed by atoms with van der Waals surface area (Å²) in [5.74, 6) is 0.923. The van der Waals surface area contributed by atoms with E-state index in [-0.39, 0.29) is 11.3 Å². The highest BCUT2D eigenvalue weighted by atomic mass is 16.3. The van der Waals surface area contributed by atoms with Crippen molar-refractivity contribution >= 4 is 5.91 Å². The van der Waals surface area contributed by atoms with Crippen LogP contribution in [0.5, 0.6) is 5.75 Å². The van der Waals surface area contributed by atoms with Gasteiger partial charge in [0.25, 0.3) is 5.91 Å². The lowest BCUT2D eigenvalue weighted by Crippen LogP contribution is -2.53. The Bertz CT molecular complexity index is 930. The van der Waals surface area contributed by atoms with Crippen LogP contribution in [0.4, 0.5) is 0 Å². The van der Waals surface area contributed by atoms with Gasteiger partial charge in [-0.2, -0.15) is 0 Å². The number of H-pyrrole nitrogens is 1. The van der Waals surface area contributed by atoms with Gasteiger partial charge in [0.15, 0.2) is 0 Å². The van der Waals surface area contributed by atoms with Crippen molar-refractivity contribution in [2.24, 2.45) is 5.92 Å². The Morgan fingerprint density at radius 2 is 2.07 bits per heavy atom. The van der Waals surface area contributed by atoms with E-state index in [1.54, 1.807) is 6.07 Å². The first-order chi connectivity index (χ1) is 14.4. The maximum atomic E-state index is 13.1. The number of nitrogens with zero attached hydrogens (tertiary/aromatic N) is 2. The number of phenols is 1. The smallest absolute Gasteiger partial charge is 0.270 e. The molecule has 0 spiro atoms. The molecule has 1 aromatic heterocycles. The van der Waals surface area contributed by atoms with Crippen LogP contribution in [-0.4, -0.2) is 58.5 Å². The molecular formula is C25H35N3O2. The standard InChI is InChI=1S/C25H35N3O2/c1-5-27-12-11-25(18-9-8-10-20(29)13-18)15-22-21(14-19(25)16-27)17(4)23(26-22)24(30)28(6-2)7-3/h8-10,13,19,26,29H,5-7,11-12,14-16H2,1-4H3/t19-,25+/m1/s1. The van der Waals surface area contributed by atoms with Crippen molar-refractivity contribution in [3.05, 3.63) is 52.3 Å². The number of phenolic OH excluding ortho intramolecular Hbond substituents is 1. The summed E-state index contributed by atoms with van der Waals surface area (Å²) < 4.78 is 0. The number of aromatic hydroxyl groups is 1. The number of amides is 1. The average molecular weight is 410 g/mol. The fourth-order valence-electron chi connectivity index (χ4n) is 5.79. The number of nitrogens with one attached hydrogen (secondary N) is 1. The Balaban J connectivity index is 1.77. The van der Waals surface area contributed by atoms with Crippen LogP contribution in [0.3, 0.4) is 0 Å². The molecule has 1 saturated heterocycles. The molecule has 1 aliphatic heterocycles. The molecule has 0 radical (unpaired) electrons. The number of rotatable bonds is 5. The van der Waals surface area contributed by atoms with Crippen LogP contribution in [0.25, 0.3) is 0 Å². The van der Waals surface area contributed by atoms with E-state index in [4.69, 9.17) is 0 Å². The molecule has 1 aromatic carbocycles. The summed E-state index contributed by atoms with van der Waals surface area (Å²) in [7, 11) is 0. The van der Waals surface area contributed by atoms with Gasteiger partial charge in [0, 0.05) is 30.7 Å². The predicted octanol–water partition coefficient (Wildman–Crippen LogP) is 3.89. The van der Waals surface area contributed by atoms with Crippen molar-refractivity contribution in [1.29, 1.82) is 0 Å². The number of benzene rings is 1. The van der Waals surface area contributed by atoms with Gasteiger partial charge in [0.05, 0.1) is 0 Å². The molecule has 30 heavy (non-hydrogen) atoms. The molecule has 2 heterocycles. The van der Waals surface area contributed by atoms with Crippen LogP contribution in [0.15, 0.2) is 24.3 Å². The Kier molecular flexibility index (Phi) is 5.67. The minimum absolute atomic E-state index is 0.00419. The number of piperidine rings is 1. The van der Waals surface area contributed by atoms with E-state index in [9.17, 15) is 9.90 Å². The maximum Gasteiger partial charge on any atom is 0.270 e. The highest BCUT2D eigenvalue weighted by Crippen LogP contribution is 2.49. The maximum absolute atomic E-state index is 13.1. The monoisotopic (exact) mass is 409 g/mol. The van der Waals surface area contributed by atoms with Gasteiger partial charge in [-0.15, -0.1) is 0 Å². The molecule has 2 N–H and O–H groups in total. The SMILES string of the molecule is CCN1CC[C@@]2(c3cccc(O)c3)Cc3[nH]c(C(=O)N(CC)CC)c(C)c3C[C@@H]2C1. The highest BCUT2D eigenvalue weighted by molar-refractivity contribution is 5.94. The van der Waals surface area contributed by atoms with E-state index in [1.165, 1.54) is 16.8 Å².